The van der Waals surface area contributed by atoms with Crippen LogP contribution < -0.4 is 0 Å². The second-order valence-corrected chi connectivity index (χ2v) is 7.73. The highest BCUT2D eigenvalue weighted by molar-refractivity contribution is 7.90. The Labute approximate surface area is 104 Å². The molecule has 0 aromatic carbocycles. The van der Waals surface area contributed by atoms with Crippen LogP contribution in [0.1, 0.15) is 39.5 Å². The van der Waals surface area contributed by atoms with Gasteiger partial charge in [-0.2, -0.15) is 0 Å². The van der Waals surface area contributed by atoms with Gasteiger partial charge in [-0.15, -0.1) is 0 Å². The maximum atomic E-state index is 12.7. The lowest BCUT2D eigenvalue weighted by molar-refractivity contribution is 0.337. The summed E-state index contributed by atoms with van der Waals surface area (Å²) in [5, 5.41) is 0. The fourth-order valence-electron chi connectivity index (χ4n) is 2.66. The normalized spacial score (nSPS) is 31.3. The highest BCUT2D eigenvalue weighted by Crippen LogP contribution is 2.33. The van der Waals surface area contributed by atoms with Gasteiger partial charge in [-0.25, -0.2) is 12.7 Å². The van der Waals surface area contributed by atoms with E-state index in [0.29, 0.717) is 19.5 Å². The predicted molar refractivity (Wildman–Crippen MR) is 70.3 cm³/mol. The van der Waals surface area contributed by atoms with Crippen LogP contribution in [-0.2, 0) is 10.0 Å². The van der Waals surface area contributed by atoms with Crippen LogP contribution in [0.15, 0.2) is 23.8 Å². The molecule has 0 spiro atoms. The van der Waals surface area contributed by atoms with Crippen LogP contribution in [0.25, 0.3) is 0 Å². The molecule has 0 N–H and O–H groups in total. The van der Waals surface area contributed by atoms with Crippen LogP contribution in [0, 0.1) is 0 Å². The van der Waals surface area contributed by atoms with E-state index in [-0.39, 0.29) is 0 Å². The van der Waals surface area contributed by atoms with E-state index >= 15 is 0 Å². The molecule has 0 aromatic rings. The fraction of sp³-hybridized carbons (Fsp3) is 0.692. The number of hydrogen-bond acceptors (Lipinski definition) is 2. The van der Waals surface area contributed by atoms with Gasteiger partial charge in [-0.05, 0) is 33.1 Å². The lowest BCUT2D eigenvalue weighted by Crippen LogP contribution is -2.48. The maximum Gasteiger partial charge on any atom is 0.223 e. The van der Waals surface area contributed by atoms with Gasteiger partial charge in [0, 0.05) is 13.1 Å². The molecule has 4 heteroatoms. The van der Waals surface area contributed by atoms with Gasteiger partial charge in [0.1, 0.15) is 4.75 Å². The quantitative estimate of drug-likeness (QED) is 0.760. The van der Waals surface area contributed by atoms with Gasteiger partial charge < -0.3 is 0 Å². The van der Waals surface area contributed by atoms with Crippen LogP contribution in [-0.4, -0.2) is 30.6 Å². The number of rotatable bonds is 2. The summed E-state index contributed by atoms with van der Waals surface area (Å²) in [6, 6.07) is 0. The molecule has 1 heterocycles. The van der Waals surface area contributed by atoms with Gasteiger partial charge in [0.15, 0.2) is 0 Å². The number of nitrogens with zero attached hydrogens (tertiary/aromatic N) is 1. The Morgan fingerprint density at radius 3 is 2.47 bits per heavy atom. The SMILES string of the molecule is CC1=CC=CC(C)(S(=O)(=O)N2CCCCC2)C1. The second kappa shape index (κ2) is 4.58. The third-order valence-corrected chi connectivity index (χ3v) is 6.21. The van der Waals surface area contributed by atoms with Crippen molar-refractivity contribution in [2.45, 2.75) is 44.3 Å². The average molecular weight is 255 g/mol. The largest absolute Gasteiger partial charge is 0.223 e. The first-order valence-corrected chi connectivity index (χ1v) is 7.74. The van der Waals surface area contributed by atoms with Gasteiger partial charge >= 0.3 is 0 Å². The third-order valence-electron chi connectivity index (χ3n) is 3.70. The van der Waals surface area contributed by atoms with Crippen molar-refractivity contribution in [3.8, 4) is 0 Å². The summed E-state index contributed by atoms with van der Waals surface area (Å²) in [4.78, 5) is 0. The maximum absolute atomic E-state index is 12.7. The standard InChI is InChI=1S/C13H21NO2S/c1-12-7-6-8-13(2,11-12)17(15,16)14-9-4-3-5-10-14/h6-8H,3-5,9-11H2,1-2H3. The van der Waals surface area contributed by atoms with Crippen LogP contribution in [0.2, 0.25) is 0 Å². The Kier molecular flexibility index (Phi) is 3.46. The van der Waals surface area contributed by atoms with Crippen LogP contribution in [0.4, 0.5) is 0 Å². The minimum absolute atomic E-state index is 0.613. The summed E-state index contributed by atoms with van der Waals surface area (Å²) in [5.41, 5.74) is 1.13. The highest BCUT2D eigenvalue weighted by Gasteiger charge is 2.42. The molecule has 1 fully saturated rings. The van der Waals surface area contributed by atoms with Crippen LogP contribution in [0.3, 0.4) is 0 Å². The zero-order valence-corrected chi connectivity index (χ0v) is 11.5. The minimum atomic E-state index is -3.21. The van der Waals surface area contributed by atoms with E-state index in [0.717, 1.165) is 24.8 Å². The molecule has 1 unspecified atom stereocenters. The van der Waals surface area contributed by atoms with Crippen molar-refractivity contribution in [2.24, 2.45) is 0 Å². The van der Waals surface area contributed by atoms with E-state index < -0.39 is 14.8 Å². The van der Waals surface area contributed by atoms with Gasteiger partial charge in [-0.3, -0.25) is 0 Å². The third kappa shape index (κ3) is 2.33. The molecule has 1 saturated heterocycles. The number of sulfonamides is 1. The fourth-order valence-corrected chi connectivity index (χ4v) is 4.65. The first kappa shape index (κ1) is 12.8. The molecular weight excluding hydrogens is 234 g/mol. The van der Waals surface area contributed by atoms with Gasteiger partial charge in [0.05, 0.1) is 0 Å². The van der Waals surface area contributed by atoms with E-state index in [9.17, 15) is 8.42 Å². The molecule has 2 aliphatic rings. The second-order valence-electron chi connectivity index (χ2n) is 5.33. The molecule has 1 atom stereocenters. The lowest BCUT2D eigenvalue weighted by atomic mass is 9.96. The van der Waals surface area contributed by atoms with Gasteiger partial charge in [0.2, 0.25) is 10.0 Å². The molecule has 0 saturated carbocycles. The summed E-state index contributed by atoms with van der Waals surface area (Å²) in [6.45, 7) is 5.21. The summed E-state index contributed by atoms with van der Waals surface area (Å²) < 4.78 is 26.2. The molecular formula is C13H21NO2S. The van der Waals surface area contributed by atoms with Gasteiger partial charge in [-0.1, -0.05) is 30.2 Å². The van der Waals surface area contributed by atoms with Crippen LogP contribution in [0.5, 0.6) is 0 Å². The van der Waals surface area contributed by atoms with E-state index in [1.165, 1.54) is 0 Å². The van der Waals surface area contributed by atoms with Crippen molar-refractivity contribution in [3.05, 3.63) is 23.8 Å². The van der Waals surface area contributed by atoms with E-state index in [1.54, 1.807) is 4.31 Å². The minimum Gasteiger partial charge on any atom is -0.211 e. The smallest absolute Gasteiger partial charge is 0.211 e. The molecule has 3 nitrogen and oxygen atoms in total. The van der Waals surface area contributed by atoms with Crippen molar-refractivity contribution >= 4 is 10.0 Å². The van der Waals surface area contributed by atoms with Gasteiger partial charge in [0.25, 0.3) is 0 Å². The zero-order valence-electron chi connectivity index (χ0n) is 10.6. The Morgan fingerprint density at radius 1 is 1.24 bits per heavy atom. The first-order chi connectivity index (χ1) is 7.96. The van der Waals surface area contributed by atoms with E-state index in [1.807, 2.05) is 32.1 Å². The Morgan fingerprint density at radius 2 is 1.88 bits per heavy atom. The number of piperidine rings is 1. The van der Waals surface area contributed by atoms with Crippen molar-refractivity contribution in [1.29, 1.82) is 0 Å². The molecule has 96 valence electrons. The van der Waals surface area contributed by atoms with Crippen LogP contribution >= 0.6 is 0 Å². The highest BCUT2D eigenvalue weighted by atomic mass is 32.2. The Hall–Kier alpha value is -0.610. The first-order valence-electron chi connectivity index (χ1n) is 6.30. The Balaban J connectivity index is 2.26. The zero-order chi connectivity index (χ0) is 12.5. The van der Waals surface area contributed by atoms with E-state index in [2.05, 4.69) is 0 Å². The lowest BCUT2D eigenvalue weighted by Gasteiger charge is -2.36. The molecule has 1 aliphatic carbocycles. The number of hydrogen-bond donors (Lipinski definition) is 0. The number of allylic oxidation sites excluding steroid dienone is 3. The molecule has 2 rings (SSSR count). The van der Waals surface area contributed by atoms with Crippen molar-refractivity contribution < 1.29 is 8.42 Å². The summed E-state index contributed by atoms with van der Waals surface area (Å²) in [7, 11) is -3.21. The average Bonchev–Trinajstić information content (AvgIpc) is 2.29. The molecule has 17 heavy (non-hydrogen) atoms. The van der Waals surface area contributed by atoms with Crippen molar-refractivity contribution in [2.75, 3.05) is 13.1 Å². The molecule has 0 radical (unpaired) electrons. The summed E-state index contributed by atoms with van der Waals surface area (Å²) >= 11 is 0. The van der Waals surface area contributed by atoms with E-state index in [4.69, 9.17) is 0 Å². The van der Waals surface area contributed by atoms with Crippen molar-refractivity contribution in [3.63, 3.8) is 0 Å². The van der Waals surface area contributed by atoms with Crippen molar-refractivity contribution in [1.82, 2.24) is 4.31 Å². The molecule has 0 amide bonds. The monoisotopic (exact) mass is 255 g/mol. The molecule has 0 aromatic heterocycles. The predicted octanol–water partition coefficient (Wildman–Crippen LogP) is 2.47. The topological polar surface area (TPSA) is 37.4 Å². The molecule has 1 aliphatic heterocycles. The molecule has 0 bridgehead atoms. The Bertz CT molecular complexity index is 444. The summed E-state index contributed by atoms with van der Waals surface area (Å²) in [5.74, 6) is 0. The summed E-state index contributed by atoms with van der Waals surface area (Å²) in [6.07, 6.45) is 9.46.